The Labute approximate surface area is 107 Å². The molecule has 1 aromatic carbocycles. The molecule has 0 bridgehead atoms. The van der Waals surface area contributed by atoms with Crippen LogP contribution in [0.4, 0.5) is 0 Å². The van der Waals surface area contributed by atoms with E-state index >= 15 is 0 Å². The highest BCUT2D eigenvalue weighted by molar-refractivity contribution is 5.35. The van der Waals surface area contributed by atoms with Gasteiger partial charge in [0.2, 0.25) is 0 Å². The maximum atomic E-state index is 5.67. The van der Waals surface area contributed by atoms with E-state index in [-0.39, 0.29) is 12.1 Å². The molecule has 0 saturated heterocycles. The molecule has 1 heterocycles. The lowest BCUT2D eigenvalue weighted by Crippen LogP contribution is -2.28. The molecule has 1 aromatic heterocycles. The molecule has 2 rings (SSSR count). The van der Waals surface area contributed by atoms with Crippen molar-refractivity contribution in [2.24, 2.45) is 5.84 Å². The van der Waals surface area contributed by atoms with Gasteiger partial charge in [-0.05, 0) is 37.6 Å². The fraction of sp³-hybridized carbons (Fsp3) is 0.286. The van der Waals surface area contributed by atoms with Crippen LogP contribution in [0.2, 0.25) is 0 Å². The zero-order chi connectivity index (χ0) is 13.0. The zero-order valence-electron chi connectivity index (χ0n) is 10.6. The first-order valence-corrected chi connectivity index (χ1v) is 5.95. The van der Waals surface area contributed by atoms with E-state index in [0.717, 1.165) is 16.9 Å². The number of nitrogens with two attached hydrogens (primary N) is 1. The summed E-state index contributed by atoms with van der Waals surface area (Å²) in [6, 6.07) is 9.67. The highest BCUT2D eigenvalue weighted by atomic mass is 16.5. The number of furan rings is 1. The molecule has 0 amide bonds. The third-order valence-corrected chi connectivity index (χ3v) is 2.61. The van der Waals surface area contributed by atoms with Crippen LogP contribution in [0.15, 0.2) is 47.3 Å². The van der Waals surface area contributed by atoms with Crippen molar-refractivity contribution in [3.8, 4) is 5.75 Å². The van der Waals surface area contributed by atoms with Gasteiger partial charge >= 0.3 is 0 Å². The Morgan fingerprint density at radius 2 is 2.06 bits per heavy atom. The lowest BCUT2D eigenvalue weighted by Gasteiger charge is -2.16. The standard InChI is InChI=1S/C14H18N2O2/c1-10(2)18-13-5-3-4-11(8-13)14(16-15)12-6-7-17-9-12/h3-10,14,16H,15H2,1-2H3. The van der Waals surface area contributed by atoms with Crippen LogP contribution >= 0.6 is 0 Å². The van der Waals surface area contributed by atoms with Crippen molar-refractivity contribution in [3.05, 3.63) is 54.0 Å². The summed E-state index contributed by atoms with van der Waals surface area (Å²) in [4.78, 5) is 0. The van der Waals surface area contributed by atoms with Crippen molar-refractivity contribution in [2.45, 2.75) is 26.0 Å². The second-order valence-corrected chi connectivity index (χ2v) is 4.40. The van der Waals surface area contributed by atoms with Gasteiger partial charge in [0.25, 0.3) is 0 Å². The molecule has 0 aliphatic rings. The van der Waals surface area contributed by atoms with Crippen molar-refractivity contribution in [1.82, 2.24) is 5.43 Å². The Bertz CT molecular complexity index is 480. The minimum atomic E-state index is -0.0977. The van der Waals surface area contributed by atoms with E-state index < -0.39 is 0 Å². The summed E-state index contributed by atoms with van der Waals surface area (Å²) in [6.45, 7) is 4.00. The molecule has 0 spiro atoms. The van der Waals surface area contributed by atoms with Crippen molar-refractivity contribution in [1.29, 1.82) is 0 Å². The van der Waals surface area contributed by atoms with Gasteiger partial charge in [-0.2, -0.15) is 0 Å². The van der Waals surface area contributed by atoms with Gasteiger partial charge in [0.1, 0.15) is 5.75 Å². The van der Waals surface area contributed by atoms with E-state index in [9.17, 15) is 0 Å². The van der Waals surface area contributed by atoms with E-state index in [1.807, 2.05) is 44.2 Å². The predicted octanol–water partition coefficient (Wildman–Crippen LogP) is 2.62. The summed E-state index contributed by atoms with van der Waals surface area (Å²) >= 11 is 0. The first-order chi connectivity index (χ1) is 8.70. The van der Waals surface area contributed by atoms with Gasteiger partial charge < -0.3 is 9.15 Å². The first-order valence-electron chi connectivity index (χ1n) is 5.95. The van der Waals surface area contributed by atoms with Crippen LogP contribution in [0.5, 0.6) is 5.75 Å². The number of ether oxygens (including phenoxy) is 1. The summed E-state index contributed by atoms with van der Waals surface area (Å²) in [5.74, 6) is 6.45. The van der Waals surface area contributed by atoms with Gasteiger partial charge in [0.05, 0.1) is 24.7 Å². The van der Waals surface area contributed by atoms with Crippen LogP contribution in [0, 0.1) is 0 Å². The molecule has 2 aromatic rings. The second kappa shape index (κ2) is 5.71. The Morgan fingerprint density at radius 1 is 1.22 bits per heavy atom. The molecular weight excluding hydrogens is 228 g/mol. The average Bonchev–Trinajstić information content (AvgIpc) is 2.83. The van der Waals surface area contributed by atoms with Crippen molar-refractivity contribution < 1.29 is 9.15 Å². The number of hydrogen-bond donors (Lipinski definition) is 2. The lowest BCUT2D eigenvalue weighted by molar-refractivity contribution is 0.242. The minimum Gasteiger partial charge on any atom is -0.491 e. The quantitative estimate of drug-likeness (QED) is 0.629. The third-order valence-electron chi connectivity index (χ3n) is 2.61. The van der Waals surface area contributed by atoms with Crippen LogP contribution in [-0.4, -0.2) is 6.10 Å². The molecule has 4 nitrogen and oxygen atoms in total. The van der Waals surface area contributed by atoms with Crippen molar-refractivity contribution in [2.75, 3.05) is 0 Å². The maximum absolute atomic E-state index is 5.67. The third kappa shape index (κ3) is 2.91. The summed E-state index contributed by atoms with van der Waals surface area (Å²) in [6.07, 6.45) is 3.47. The Balaban J connectivity index is 2.26. The summed E-state index contributed by atoms with van der Waals surface area (Å²) in [5, 5.41) is 0. The van der Waals surface area contributed by atoms with Crippen molar-refractivity contribution in [3.63, 3.8) is 0 Å². The fourth-order valence-electron chi connectivity index (χ4n) is 1.86. The first kappa shape index (κ1) is 12.7. The van der Waals surface area contributed by atoms with Gasteiger partial charge in [-0.15, -0.1) is 0 Å². The number of benzene rings is 1. The summed E-state index contributed by atoms with van der Waals surface area (Å²) < 4.78 is 10.8. The Morgan fingerprint density at radius 3 is 2.67 bits per heavy atom. The van der Waals surface area contributed by atoms with E-state index in [1.165, 1.54) is 0 Å². The van der Waals surface area contributed by atoms with Gasteiger partial charge in [0.15, 0.2) is 0 Å². The monoisotopic (exact) mass is 246 g/mol. The van der Waals surface area contributed by atoms with Gasteiger partial charge in [-0.25, -0.2) is 5.43 Å². The van der Waals surface area contributed by atoms with Crippen LogP contribution < -0.4 is 16.0 Å². The molecule has 4 heteroatoms. The molecule has 0 saturated carbocycles. The van der Waals surface area contributed by atoms with Gasteiger partial charge in [0, 0.05) is 5.56 Å². The average molecular weight is 246 g/mol. The lowest BCUT2D eigenvalue weighted by atomic mass is 10.0. The topological polar surface area (TPSA) is 60.4 Å². The van der Waals surface area contributed by atoms with Crippen molar-refractivity contribution >= 4 is 0 Å². The Kier molecular flexibility index (Phi) is 4.02. The molecule has 3 N–H and O–H groups in total. The molecule has 0 aliphatic heterocycles. The van der Waals surface area contributed by atoms with Crippen LogP contribution in [0.1, 0.15) is 31.0 Å². The second-order valence-electron chi connectivity index (χ2n) is 4.40. The molecule has 1 unspecified atom stereocenters. The molecular formula is C14H18N2O2. The van der Waals surface area contributed by atoms with Crippen LogP contribution in [0.25, 0.3) is 0 Å². The van der Waals surface area contributed by atoms with E-state index in [4.69, 9.17) is 15.0 Å². The molecule has 0 aliphatic carbocycles. The number of hydrogen-bond acceptors (Lipinski definition) is 4. The van der Waals surface area contributed by atoms with E-state index in [0.29, 0.717) is 0 Å². The molecule has 0 radical (unpaired) electrons. The van der Waals surface area contributed by atoms with Gasteiger partial charge in [-0.1, -0.05) is 12.1 Å². The summed E-state index contributed by atoms with van der Waals surface area (Å²) in [7, 11) is 0. The predicted molar refractivity (Wildman–Crippen MR) is 70.1 cm³/mol. The molecule has 1 atom stereocenters. The molecule has 18 heavy (non-hydrogen) atoms. The number of hydrazine groups is 1. The maximum Gasteiger partial charge on any atom is 0.120 e. The normalized spacial score (nSPS) is 12.7. The largest absolute Gasteiger partial charge is 0.491 e. The summed E-state index contributed by atoms with van der Waals surface area (Å²) in [5.41, 5.74) is 4.81. The molecule has 96 valence electrons. The number of nitrogens with one attached hydrogen (secondary N) is 1. The Hall–Kier alpha value is -1.78. The van der Waals surface area contributed by atoms with E-state index in [2.05, 4.69) is 5.43 Å². The smallest absolute Gasteiger partial charge is 0.120 e. The van der Waals surface area contributed by atoms with Crippen LogP contribution in [-0.2, 0) is 0 Å². The number of rotatable bonds is 5. The zero-order valence-corrected chi connectivity index (χ0v) is 10.6. The van der Waals surface area contributed by atoms with Crippen LogP contribution in [0.3, 0.4) is 0 Å². The fourth-order valence-corrected chi connectivity index (χ4v) is 1.86. The van der Waals surface area contributed by atoms with E-state index in [1.54, 1.807) is 12.5 Å². The minimum absolute atomic E-state index is 0.0977. The van der Waals surface area contributed by atoms with Gasteiger partial charge in [-0.3, -0.25) is 5.84 Å². The highest BCUT2D eigenvalue weighted by Gasteiger charge is 2.14. The highest BCUT2D eigenvalue weighted by Crippen LogP contribution is 2.25. The molecule has 0 fully saturated rings. The SMILES string of the molecule is CC(C)Oc1cccc(C(NN)c2ccoc2)c1.